The van der Waals surface area contributed by atoms with Crippen LogP contribution < -0.4 is 16.4 Å². The molecular weight excluding hydrogens is 206 g/mol. The molecule has 0 bridgehead atoms. The molecule has 2 amide bonds. The van der Waals surface area contributed by atoms with Gasteiger partial charge in [-0.15, -0.1) is 0 Å². The van der Waals surface area contributed by atoms with Gasteiger partial charge in [-0.1, -0.05) is 12.8 Å². The van der Waals surface area contributed by atoms with Crippen LogP contribution in [-0.2, 0) is 9.59 Å². The van der Waals surface area contributed by atoms with Crippen LogP contribution in [0.5, 0.6) is 0 Å². The van der Waals surface area contributed by atoms with E-state index in [-0.39, 0.29) is 17.4 Å². The standard InChI is InChI=1S/C11H21N3O2/c1-9(15)13-6-7-14-10(16)8-11(12)4-2-3-5-11/h2-8,12H2,1H3,(H,13,15)(H,14,16). The summed E-state index contributed by atoms with van der Waals surface area (Å²) in [6.07, 6.45) is 4.51. The zero-order valence-corrected chi connectivity index (χ0v) is 9.84. The molecular formula is C11H21N3O2. The largest absolute Gasteiger partial charge is 0.355 e. The Morgan fingerprint density at radius 1 is 1.19 bits per heavy atom. The maximum atomic E-state index is 11.5. The molecule has 0 aromatic rings. The van der Waals surface area contributed by atoms with Gasteiger partial charge < -0.3 is 16.4 Å². The monoisotopic (exact) mass is 227 g/mol. The molecule has 1 fully saturated rings. The van der Waals surface area contributed by atoms with Crippen molar-refractivity contribution in [2.24, 2.45) is 5.73 Å². The van der Waals surface area contributed by atoms with Crippen LogP contribution in [0.15, 0.2) is 0 Å². The Labute approximate surface area is 96.1 Å². The highest BCUT2D eigenvalue weighted by atomic mass is 16.2. The van der Waals surface area contributed by atoms with Crippen LogP contribution in [0.1, 0.15) is 39.0 Å². The summed E-state index contributed by atoms with van der Waals surface area (Å²) in [5.74, 6) is -0.102. The van der Waals surface area contributed by atoms with E-state index in [1.54, 1.807) is 0 Å². The summed E-state index contributed by atoms with van der Waals surface area (Å²) in [6, 6.07) is 0. The van der Waals surface area contributed by atoms with Crippen LogP contribution in [0.2, 0.25) is 0 Å². The molecule has 0 saturated heterocycles. The molecule has 5 nitrogen and oxygen atoms in total. The van der Waals surface area contributed by atoms with Crippen molar-refractivity contribution in [3.63, 3.8) is 0 Å². The number of rotatable bonds is 5. The number of carbonyl (C=O) groups excluding carboxylic acids is 2. The first kappa shape index (κ1) is 13.0. The fourth-order valence-electron chi connectivity index (χ4n) is 2.08. The van der Waals surface area contributed by atoms with Gasteiger partial charge in [0.15, 0.2) is 0 Å². The van der Waals surface area contributed by atoms with Crippen molar-refractivity contribution in [1.29, 1.82) is 0 Å². The molecule has 1 aliphatic carbocycles. The Morgan fingerprint density at radius 3 is 2.31 bits per heavy atom. The van der Waals surface area contributed by atoms with Crippen LogP contribution in [0.4, 0.5) is 0 Å². The van der Waals surface area contributed by atoms with Gasteiger partial charge in [-0.3, -0.25) is 9.59 Å². The van der Waals surface area contributed by atoms with E-state index in [9.17, 15) is 9.59 Å². The maximum absolute atomic E-state index is 11.5. The van der Waals surface area contributed by atoms with Gasteiger partial charge in [0.1, 0.15) is 0 Å². The van der Waals surface area contributed by atoms with Crippen molar-refractivity contribution in [2.45, 2.75) is 44.6 Å². The van der Waals surface area contributed by atoms with E-state index in [0.29, 0.717) is 19.5 Å². The summed E-state index contributed by atoms with van der Waals surface area (Å²) < 4.78 is 0. The molecule has 0 unspecified atom stereocenters. The fraction of sp³-hybridized carbons (Fsp3) is 0.818. The molecule has 0 aliphatic heterocycles. The molecule has 0 heterocycles. The van der Waals surface area contributed by atoms with Crippen molar-refractivity contribution in [3.05, 3.63) is 0 Å². The molecule has 0 radical (unpaired) electrons. The molecule has 1 aliphatic rings. The third-order valence-electron chi connectivity index (χ3n) is 2.93. The molecule has 1 rings (SSSR count). The smallest absolute Gasteiger partial charge is 0.221 e. The lowest BCUT2D eigenvalue weighted by atomic mass is 9.94. The van der Waals surface area contributed by atoms with Crippen molar-refractivity contribution < 1.29 is 9.59 Å². The van der Waals surface area contributed by atoms with Crippen LogP contribution in [-0.4, -0.2) is 30.4 Å². The van der Waals surface area contributed by atoms with Gasteiger partial charge in [-0.25, -0.2) is 0 Å². The van der Waals surface area contributed by atoms with Crippen LogP contribution in [0.3, 0.4) is 0 Å². The van der Waals surface area contributed by atoms with Crippen molar-refractivity contribution >= 4 is 11.8 Å². The highest BCUT2D eigenvalue weighted by molar-refractivity contribution is 5.77. The molecule has 5 heteroatoms. The third kappa shape index (κ3) is 4.61. The molecule has 1 saturated carbocycles. The number of hydrogen-bond acceptors (Lipinski definition) is 3. The topological polar surface area (TPSA) is 84.2 Å². The summed E-state index contributed by atoms with van der Waals surface area (Å²) in [5, 5.41) is 5.38. The van der Waals surface area contributed by atoms with E-state index in [4.69, 9.17) is 5.73 Å². The number of hydrogen-bond donors (Lipinski definition) is 3. The average Bonchev–Trinajstić information content (AvgIpc) is 2.59. The first-order valence-corrected chi connectivity index (χ1v) is 5.82. The van der Waals surface area contributed by atoms with Gasteiger partial charge >= 0.3 is 0 Å². The summed E-state index contributed by atoms with van der Waals surface area (Å²) in [7, 11) is 0. The maximum Gasteiger partial charge on any atom is 0.221 e. The second-order valence-electron chi connectivity index (χ2n) is 4.58. The van der Waals surface area contributed by atoms with Crippen LogP contribution >= 0.6 is 0 Å². The SMILES string of the molecule is CC(=O)NCCNC(=O)CC1(N)CCCC1. The van der Waals surface area contributed by atoms with Gasteiger partial charge in [0, 0.05) is 32.0 Å². The van der Waals surface area contributed by atoms with E-state index in [1.807, 2.05) is 0 Å². The molecule has 0 spiro atoms. The zero-order chi connectivity index (χ0) is 12.0. The molecule has 4 N–H and O–H groups in total. The first-order valence-electron chi connectivity index (χ1n) is 5.82. The van der Waals surface area contributed by atoms with Crippen molar-refractivity contribution in [2.75, 3.05) is 13.1 Å². The number of nitrogens with two attached hydrogens (primary N) is 1. The zero-order valence-electron chi connectivity index (χ0n) is 9.84. The first-order chi connectivity index (χ1) is 7.52. The molecule has 92 valence electrons. The Balaban J connectivity index is 2.13. The van der Waals surface area contributed by atoms with E-state index in [0.717, 1.165) is 25.7 Å². The molecule has 0 atom stereocenters. The summed E-state index contributed by atoms with van der Waals surface area (Å²) >= 11 is 0. The van der Waals surface area contributed by atoms with Gasteiger partial charge in [0.05, 0.1) is 0 Å². The van der Waals surface area contributed by atoms with Crippen LogP contribution in [0, 0.1) is 0 Å². The Hall–Kier alpha value is -1.10. The van der Waals surface area contributed by atoms with Crippen molar-refractivity contribution in [3.8, 4) is 0 Å². The summed E-state index contributed by atoms with van der Waals surface area (Å²) in [5.41, 5.74) is 5.79. The number of amides is 2. The second kappa shape index (κ2) is 5.84. The minimum Gasteiger partial charge on any atom is -0.355 e. The van der Waals surface area contributed by atoms with E-state index in [2.05, 4.69) is 10.6 Å². The minimum atomic E-state index is -0.294. The highest BCUT2D eigenvalue weighted by Crippen LogP contribution is 2.29. The van der Waals surface area contributed by atoms with Gasteiger partial charge in [0.25, 0.3) is 0 Å². The number of nitrogens with one attached hydrogen (secondary N) is 2. The van der Waals surface area contributed by atoms with E-state index >= 15 is 0 Å². The Morgan fingerprint density at radius 2 is 1.75 bits per heavy atom. The number of carbonyl (C=O) groups is 2. The van der Waals surface area contributed by atoms with Gasteiger partial charge in [0.2, 0.25) is 11.8 Å². The second-order valence-corrected chi connectivity index (χ2v) is 4.58. The minimum absolute atomic E-state index is 0.0187. The van der Waals surface area contributed by atoms with Gasteiger partial charge in [-0.2, -0.15) is 0 Å². The normalized spacial score (nSPS) is 18.1. The highest BCUT2D eigenvalue weighted by Gasteiger charge is 2.31. The Bertz CT molecular complexity index is 260. The molecule has 16 heavy (non-hydrogen) atoms. The summed E-state index contributed by atoms with van der Waals surface area (Å²) in [6.45, 7) is 2.39. The lowest BCUT2D eigenvalue weighted by molar-refractivity contribution is -0.123. The Kier molecular flexibility index (Phi) is 4.73. The molecule has 0 aromatic carbocycles. The third-order valence-corrected chi connectivity index (χ3v) is 2.93. The lowest BCUT2D eigenvalue weighted by Gasteiger charge is -2.22. The average molecular weight is 227 g/mol. The van der Waals surface area contributed by atoms with Crippen molar-refractivity contribution in [1.82, 2.24) is 10.6 Å². The fourth-order valence-corrected chi connectivity index (χ4v) is 2.08. The predicted molar refractivity (Wildman–Crippen MR) is 61.7 cm³/mol. The summed E-state index contributed by atoms with van der Waals surface area (Å²) in [4.78, 5) is 22.1. The lowest BCUT2D eigenvalue weighted by Crippen LogP contribution is -2.43. The van der Waals surface area contributed by atoms with E-state index < -0.39 is 0 Å². The predicted octanol–water partition coefficient (Wildman–Crippen LogP) is -0.0997. The van der Waals surface area contributed by atoms with E-state index in [1.165, 1.54) is 6.92 Å². The molecule has 0 aromatic heterocycles. The van der Waals surface area contributed by atoms with Gasteiger partial charge in [-0.05, 0) is 12.8 Å². The van der Waals surface area contributed by atoms with Crippen LogP contribution in [0.25, 0.3) is 0 Å². The quantitative estimate of drug-likeness (QED) is 0.573.